The van der Waals surface area contributed by atoms with Crippen molar-refractivity contribution in [1.82, 2.24) is 0 Å². The number of hydrogen-bond acceptors (Lipinski definition) is 3. The van der Waals surface area contributed by atoms with Crippen LogP contribution in [0.5, 0.6) is 0 Å². The second-order valence-electron chi connectivity index (χ2n) is 1.58. The van der Waals surface area contributed by atoms with Gasteiger partial charge in [0.1, 0.15) is 11.6 Å². The minimum atomic E-state index is -0.0625. The van der Waals surface area contributed by atoms with E-state index in [0.29, 0.717) is 0 Å². The topological polar surface area (TPSA) is 51.2 Å². The van der Waals surface area contributed by atoms with Crippen LogP contribution in [0.4, 0.5) is 0 Å². The molecule has 0 aromatic rings. The van der Waals surface area contributed by atoms with Gasteiger partial charge in [0, 0.05) is 0 Å². The standard InChI is InChI=1S/C5H8O2.BO/c1-4(6)3-5(2)7;1-2/h3H2,1-2H3;. The van der Waals surface area contributed by atoms with Crippen LogP contribution >= 0.6 is 0 Å². The predicted molar refractivity (Wildman–Crippen MR) is 32.4 cm³/mol. The van der Waals surface area contributed by atoms with Crippen molar-refractivity contribution >= 4 is 19.3 Å². The minimum absolute atomic E-state index is 0.0625. The van der Waals surface area contributed by atoms with Gasteiger partial charge in [0.2, 0.25) is 0 Å². The molecule has 0 unspecified atom stereocenters. The van der Waals surface area contributed by atoms with Gasteiger partial charge in [-0.3, -0.25) is 9.59 Å². The molecular formula is C5H8BO3. The Labute approximate surface area is 54.9 Å². The second kappa shape index (κ2) is 7.20. The Bertz CT molecular complexity index is 98.8. The summed E-state index contributed by atoms with van der Waals surface area (Å²) < 4.78 is 7.75. The van der Waals surface area contributed by atoms with Crippen molar-refractivity contribution in [2.45, 2.75) is 20.3 Å². The van der Waals surface area contributed by atoms with Crippen LogP contribution in [-0.2, 0) is 14.3 Å². The molecule has 0 aliphatic heterocycles. The van der Waals surface area contributed by atoms with E-state index in [-0.39, 0.29) is 18.0 Å². The zero-order valence-electron chi connectivity index (χ0n) is 5.51. The summed E-state index contributed by atoms with van der Waals surface area (Å²) in [5.74, 6) is -0.125. The maximum atomic E-state index is 10.0. The van der Waals surface area contributed by atoms with Gasteiger partial charge in [0.15, 0.2) is 0 Å². The van der Waals surface area contributed by atoms with Crippen LogP contribution in [0.3, 0.4) is 0 Å². The van der Waals surface area contributed by atoms with Crippen LogP contribution in [0.2, 0.25) is 0 Å². The molecule has 3 nitrogen and oxygen atoms in total. The van der Waals surface area contributed by atoms with E-state index in [1.165, 1.54) is 13.8 Å². The van der Waals surface area contributed by atoms with Gasteiger partial charge in [-0.25, -0.2) is 0 Å². The molecule has 0 N–H and O–H groups in total. The van der Waals surface area contributed by atoms with Crippen LogP contribution in [0.15, 0.2) is 0 Å². The van der Waals surface area contributed by atoms with E-state index < -0.39 is 0 Å². The van der Waals surface area contributed by atoms with Gasteiger partial charge >= 0.3 is 12.4 Å². The first-order chi connectivity index (χ1) is 4.13. The summed E-state index contributed by atoms with van der Waals surface area (Å²) in [5.41, 5.74) is 0. The Morgan fingerprint density at radius 1 is 1.11 bits per heavy atom. The number of carbonyl (C=O) groups is 2. The SMILES string of the molecule is CC(=O)CC(C)=O.[B]=O. The first-order valence-electron chi connectivity index (χ1n) is 2.35. The Hall–Kier alpha value is -0.795. The third-order valence-electron chi connectivity index (χ3n) is 0.498. The molecule has 4 heteroatoms. The molecular weight excluding hydrogens is 119 g/mol. The van der Waals surface area contributed by atoms with Crippen molar-refractivity contribution in [3.63, 3.8) is 0 Å². The average molecular weight is 127 g/mol. The molecule has 0 bridgehead atoms. The zero-order valence-corrected chi connectivity index (χ0v) is 5.51. The van der Waals surface area contributed by atoms with Gasteiger partial charge in [-0.05, 0) is 13.8 Å². The molecule has 0 rings (SSSR count). The van der Waals surface area contributed by atoms with Gasteiger partial charge in [0.05, 0.1) is 6.42 Å². The maximum absolute atomic E-state index is 10.0. The van der Waals surface area contributed by atoms with Crippen molar-refractivity contribution in [2.75, 3.05) is 0 Å². The van der Waals surface area contributed by atoms with Crippen LogP contribution < -0.4 is 0 Å². The van der Waals surface area contributed by atoms with Gasteiger partial charge in [0.25, 0.3) is 0 Å². The molecule has 0 fully saturated rings. The molecule has 0 saturated heterocycles. The molecule has 0 spiro atoms. The molecule has 0 aliphatic rings. The number of Topliss-reactive ketones (excluding diaryl/α,β-unsaturated/α-hetero) is 2. The van der Waals surface area contributed by atoms with E-state index in [9.17, 15) is 9.59 Å². The molecule has 0 aromatic carbocycles. The third-order valence-corrected chi connectivity index (χ3v) is 0.498. The van der Waals surface area contributed by atoms with Crippen molar-refractivity contribution < 1.29 is 14.3 Å². The van der Waals surface area contributed by atoms with Crippen molar-refractivity contribution in [2.24, 2.45) is 0 Å². The fourth-order valence-corrected chi connectivity index (χ4v) is 0.351. The number of carbonyl (C=O) groups excluding carboxylic acids is 2. The van der Waals surface area contributed by atoms with E-state index >= 15 is 0 Å². The van der Waals surface area contributed by atoms with E-state index in [4.69, 9.17) is 4.70 Å². The van der Waals surface area contributed by atoms with E-state index in [2.05, 4.69) is 7.72 Å². The number of hydrogen-bond donors (Lipinski definition) is 0. The Kier molecular flexibility index (Phi) is 8.86. The van der Waals surface area contributed by atoms with Crippen LogP contribution in [0.1, 0.15) is 20.3 Å². The van der Waals surface area contributed by atoms with Crippen LogP contribution in [0, 0.1) is 0 Å². The summed E-state index contributed by atoms with van der Waals surface area (Å²) in [4.78, 5) is 20.1. The Morgan fingerprint density at radius 2 is 1.33 bits per heavy atom. The molecule has 49 valence electrons. The summed E-state index contributed by atoms with van der Waals surface area (Å²) in [5, 5.41) is 0. The zero-order chi connectivity index (χ0) is 7.86. The molecule has 1 radical (unpaired) electrons. The quantitative estimate of drug-likeness (QED) is 0.389. The first-order valence-corrected chi connectivity index (χ1v) is 2.35. The number of rotatable bonds is 2. The van der Waals surface area contributed by atoms with Gasteiger partial charge in [-0.1, -0.05) is 0 Å². The van der Waals surface area contributed by atoms with E-state index in [1.54, 1.807) is 0 Å². The monoisotopic (exact) mass is 127 g/mol. The van der Waals surface area contributed by atoms with Crippen LogP contribution in [-0.4, -0.2) is 19.3 Å². The number of ketones is 2. The molecule has 0 atom stereocenters. The summed E-state index contributed by atoms with van der Waals surface area (Å²) in [6.07, 6.45) is 0.0833. The summed E-state index contributed by atoms with van der Waals surface area (Å²) in [7, 11) is 3.25. The van der Waals surface area contributed by atoms with E-state index in [1.807, 2.05) is 0 Å². The van der Waals surface area contributed by atoms with Gasteiger partial charge in [-0.15, -0.1) is 0 Å². The van der Waals surface area contributed by atoms with Crippen molar-refractivity contribution in [3.8, 4) is 0 Å². The summed E-state index contributed by atoms with van der Waals surface area (Å²) in [6, 6.07) is 0. The summed E-state index contributed by atoms with van der Waals surface area (Å²) >= 11 is 0. The molecule has 0 heterocycles. The third kappa shape index (κ3) is 19.0. The van der Waals surface area contributed by atoms with Crippen molar-refractivity contribution in [3.05, 3.63) is 0 Å². The summed E-state index contributed by atoms with van der Waals surface area (Å²) in [6.45, 7) is 2.81. The fourth-order valence-electron chi connectivity index (χ4n) is 0.351. The predicted octanol–water partition coefficient (Wildman–Crippen LogP) is 0.0549. The molecule has 0 aliphatic carbocycles. The second-order valence-corrected chi connectivity index (χ2v) is 1.58. The Morgan fingerprint density at radius 3 is 1.33 bits per heavy atom. The molecule has 0 saturated carbocycles. The first kappa shape index (κ1) is 11.1. The van der Waals surface area contributed by atoms with Gasteiger partial charge < -0.3 is 0 Å². The molecule has 9 heavy (non-hydrogen) atoms. The van der Waals surface area contributed by atoms with Gasteiger partial charge in [-0.2, -0.15) is 0 Å². The normalized spacial score (nSPS) is 6.78. The average Bonchev–Trinajstić information content (AvgIpc) is 1.68. The molecule has 0 aromatic heterocycles. The fraction of sp³-hybridized carbons (Fsp3) is 0.600. The van der Waals surface area contributed by atoms with Crippen LogP contribution in [0.25, 0.3) is 0 Å². The van der Waals surface area contributed by atoms with Crippen molar-refractivity contribution in [1.29, 1.82) is 0 Å². The van der Waals surface area contributed by atoms with E-state index in [0.717, 1.165) is 0 Å². The Balaban J connectivity index is 0. The molecule has 0 amide bonds.